The fraction of sp³-hybridized carbons (Fsp3) is 0.667. The molecule has 0 radical (unpaired) electrons. The third kappa shape index (κ3) is 1.30. The van der Waals surface area contributed by atoms with E-state index < -0.39 is 0 Å². The maximum atomic E-state index is 4.18. The van der Waals surface area contributed by atoms with Crippen molar-refractivity contribution in [3.8, 4) is 0 Å². The van der Waals surface area contributed by atoms with Crippen molar-refractivity contribution in [2.24, 2.45) is 7.05 Å². The Bertz CT molecular complexity index is 233. The van der Waals surface area contributed by atoms with Gasteiger partial charge in [-0.05, 0) is 24.3 Å². The Morgan fingerprint density at radius 2 is 2.18 bits per heavy atom. The second-order valence-corrected chi connectivity index (χ2v) is 3.43. The highest BCUT2D eigenvalue weighted by atomic mass is 15.2. The molecule has 0 spiro atoms. The molecule has 2 nitrogen and oxygen atoms in total. The fourth-order valence-electron chi connectivity index (χ4n) is 1.91. The zero-order chi connectivity index (χ0) is 7.68. The molecule has 0 saturated heterocycles. The zero-order valence-corrected chi connectivity index (χ0v) is 6.95. The van der Waals surface area contributed by atoms with Gasteiger partial charge in [0.25, 0.3) is 0 Å². The molecule has 0 atom stereocenters. The number of rotatable bonds is 1. The number of aromatic nitrogens is 2. The molecule has 0 amide bonds. The van der Waals surface area contributed by atoms with Crippen LogP contribution in [0.15, 0.2) is 12.4 Å². The molecule has 1 aliphatic rings. The molecule has 2 rings (SSSR count). The van der Waals surface area contributed by atoms with E-state index in [1.807, 2.05) is 17.9 Å². The first-order valence-electron chi connectivity index (χ1n) is 4.35. The summed E-state index contributed by atoms with van der Waals surface area (Å²) >= 11 is 0. The Labute approximate surface area is 67.2 Å². The van der Waals surface area contributed by atoms with Crippen LogP contribution in [0.2, 0.25) is 0 Å². The third-order valence-corrected chi connectivity index (χ3v) is 2.55. The summed E-state index contributed by atoms with van der Waals surface area (Å²) in [5.74, 6) is 0.809. The number of hydrogen-bond acceptors (Lipinski definition) is 1. The third-order valence-electron chi connectivity index (χ3n) is 2.55. The van der Waals surface area contributed by atoms with Crippen molar-refractivity contribution in [1.82, 2.24) is 9.78 Å². The number of aryl methyl sites for hydroxylation is 1. The fourth-order valence-corrected chi connectivity index (χ4v) is 1.91. The molecule has 11 heavy (non-hydrogen) atoms. The average molecular weight is 150 g/mol. The Hall–Kier alpha value is -0.790. The topological polar surface area (TPSA) is 17.8 Å². The van der Waals surface area contributed by atoms with Gasteiger partial charge in [-0.15, -0.1) is 0 Å². The summed E-state index contributed by atoms with van der Waals surface area (Å²) in [6, 6.07) is 0. The first-order valence-corrected chi connectivity index (χ1v) is 4.35. The molecule has 1 aromatic rings. The molecular weight excluding hydrogens is 136 g/mol. The molecule has 0 aromatic carbocycles. The van der Waals surface area contributed by atoms with Crippen LogP contribution in [0.4, 0.5) is 0 Å². The van der Waals surface area contributed by atoms with Crippen molar-refractivity contribution in [2.75, 3.05) is 0 Å². The van der Waals surface area contributed by atoms with E-state index in [-0.39, 0.29) is 0 Å². The van der Waals surface area contributed by atoms with E-state index in [1.54, 1.807) is 0 Å². The highest BCUT2D eigenvalue weighted by Gasteiger charge is 2.17. The molecular formula is C9H14N2. The second-order valence-electron chi connectivity index (χ2n) is 3.43. The van der Waals surface area contributed by atoms with Gasteiger partial charge >= 0.3 is 0 Å². The Balaban J connectivity index is 2.15. The van der Waals surface area contributed by atoms with Crippen LogP contribution in [0.3, 0.4) is 0 Å². The normalized spacial score (nSPS) is 19.4. The van der Waals surface area contributed by atoms with Crippen LogP contribution >= 0.6 is 0 Å². The molecule has 1 aromatic heterocycles. The van der Waals surface area contributed by atoms with Crippen LogP contribution in [-0.4, -0.2) is 9.78 Å². The largest absolute Gasteiger partial charge is 0.276 e. The Morgan fingerprint density at radius 3 is 2.73 bits per heavy atom. The van der Waals surface area contributed by atoms with Crippen LogP contribution in [0.25, 0.3) is 0 Å². The van der Waals surface area contributed by atoms with Gasteiger partial charge in [0.1, 0.15) is 0 Å². The van der Waals surface area contributed by atoms with E-state index in [9.17, 15) is 0 Å². The maximum Gasteiger partial charge on any atom is 0.0524 e. The summed E-state index contributed by atoms with van der Waals surface area (Å²) in [6.45, 7) is 0. The van der Waals surface area contributed by atoms with Crippen molar-refractivity contribution in [3.05, 3.63) is 18.0 Å². The lowest BCUT2D eigenvalue weighted by molar-refractivity contribution is 0.718. The first kappa shape index (κ1) is 6.89. The summed E-state index contributed by atoms with van der Waals surface area (Å²) in [7, 11) is 1.98. The summed E-state index contributed by atoms with van der Waals surface area (Å²) in [6.07, 6.45) is 9.70. The molecule has 0 N–H and O–H groups in total. The van der Waals surface area contributed by atoms with E-state index in [0.29, 0.717) is 0 Å². The minimum Gasteiger partial charge on any atom is -0.276 e. The van der Waals surface area contributed by atoms with Crippen LogP contribution < -0.4 is 0 Å². The minimum atomic E-state index is 0.809. The maximum absolute atomic E-state index is 4.18. The van der Waals surface area contributed by atoms with Crippen LogP contribution in [0, 0.1) is 0 Å². The number of hydrogen-bond donors (Lipinski definition) is 0. The molecule has 1 fully saturated rings. The quantitative estimate of drug-likeness (QED) is 0.599. The van der Waals surface area contributed by atoms with Crippen molar-refractivity contribution < 1.29 is 0 Å². The lowest BCUT2D eigenvalue weighted by atomic mass is 10.0. The monoisotopic (exact) mass is 150 g/mol. The summed E-state index contributed by atoms with van der Waals surface area (Å²) in [5.41, 5.74) is 1.44. The van der Waals surface area contributed by atoms with E-state index >= 15 is 0 Å². The van der Waals surface area contributed by atoms with Crippen molar-refractivity contribution >= 4 is 0 Å². The SMILES string of the molecule is Cn1cc(C2CCCC2)cn1. The molecule has 0 bridgehead atoms. The van der Waals surface area contributed by atoms with E-state index in [1.165, 1.54) is 31.2 Å². The summed E-state index contributed by atoms with van der Waals surface area (Å²) in [5, 5.41) is 4.18. The number of nitrogens with zero attached hydrogens (tertiary/aromatic N) is 2. The molecule has 0 unspecified atom stereocenters. The van der Waals surface area contributed by atoms with E-state index in [4.69, 9.17) is 0 Å². The zero-order valence-electron chi connectivity index (χ0n) is 6.95. The molecule has 1 heterocycles. The molecule has 2 heteroatoms. The average Bonchev–Trinajstić information content (AvgIpc) is 2.55. The van der Waals surface area contributed by atoms with Gasteiger partial charge < -0.3 is 0 Å². The summed E-state index contributed by atoms with van der Waals surface area (Å²) < 4.78 is 1.90. The predicted octanol–water partition coefficient (Wildman–Crippen LogP) is 2.08. The van der Waals surface area contributed by atoms with Gasteiger partial charge in [-0.3, -0.25) is 4.68 Å². The van der Waals surface area contributed by atoms with E-state index in [2.05, 4.69) is 11.3 Å². The second kappa shape index (κ2) is 2.68. The van der Waals surface area contributed by atoms with Gasteiger partial charge in [-0.1, -0.05) is 12.8 Å². The predicted molar refractivity (Wildman–Crippen MR) is 44.4 cm³/mol. The summed E-state index contributed by atoms with van der Waals surface area (Å²) in [4.78, 5) is 0. The Morgan fingerprint density at radius 1 is 1.45 bits per heavy atom. The Kier molecular flexibility index (Phi) is 1.68. The molecule has 1 aliphatic carbocycles. The van der Waals surface area contributed by atoms with Gasteiger partial charge in [-0.25, -0.2) is 0 Å². The standard InChI is InChI=1S/C9H14N2/c1-11-7-9(6-10-11)8-4-2-3-5-8/h6-8H,2-5H2,1H3. The van der Waals surface area contributed by atoms with Gasteiger partial charge in [0.05, 0.1) is 6.20 Å². The van der Waals surface area contributed by atoms with Crippen LogP contribution in [-0.2, 0) is 7.05 Å². The highest BCUT2D eigenvalue weighted by Crippen LogP contribution is 2.33. The van der Waals surface area contributed by atoms with Gasteiger partial charge in [0.15, 0.2) is 0 Å². The van der Waals surface area contributed by atoms with Gasteiger partial charge in [0.2, 0.25) is 0 Å². The van der Waals surface area contributed by atoms with Gasteiger partial charge in [0, 0.05) is 13.2 Å². The first-order chi connectivity index (χ1) is 5.36. The smallest absolute Gasteiger partial charge is 0.0524 e. The lowest BCUT2D eigenvalue weighted by Crippen LogP contribution is -1.89. The van der Waals surface area contributed by atoms with E-state index in [0.717, 1.165) is 5.92 Å². The highest BCUT2D eigenvalue weighted by molar-refractivity contribution is 5.12. The van der Waals surface area contributed by atoms with Crippen molar-refractivity contribution in [1.29, 1.82) is 0 Å². The lowest BCUT2D eigenvalue weighted by Gasteiger charge is -2.02. The molecule has 0 aliphatic heterocycles. The minimum absolute atomic E-state index is 0.809. The van der Waals surface area contributed by atoms with Crippen LogP contribution in [0.5, 0.6) is 0 Å². The van der Waals surface area contributed by atoms with Crippen molar-refractivity contribution in [2.45, 2.75) is 31.6 Å². The molecule has 60 valence electrons. The van der Waals surface area contributed by atoms with Gasteiger partial charge in [-0.2, -0.15) is 5.10 Å². The van der Waals surface area contributed by atoms with Crippen molar-refractivity contribution in [3.63, 3.8) is 0 Å². The molecule has 1 saturated carbocycles. The van der Waals surface area contributed by atoms with Crippen LogP contribution in [0.1, 0.15) is 37.2 Å².